The molecule has 3 rings (SSSR count). The van der Waals surface area contributed by atoms with Gasteiger partial charge >= 0.3 is 0 Å². The number of carbonyl (C=O) groups excluding carboxylic acids is 1. The minimum absolute atomic E-state index is 0.0953. The van der Waals surface area contributed by atoms with Crippen molar-refractivity contribution in [1.82, 2.24) is 19.6 Å². The van der Waals surface area contributed by atoms with Gasteiger partial charge in [-0.1, -0.05) is 6.07 Å². The minimum Gasteiger partial charge on any atom is -0.380 e. The molecule has 2 aromatic heterocycles. The highest BCUT2D eigenvalue weighted by Crippen LogP contribution is 2.20. The van der Waals surface area contributed by atoms with Crippen molar-refractivity contribution in [3.63, 3.8) is 0 Å². The van der Waals surface area contributed by atoms with Gasteiger partial charge in [0.2, 0.25) is 0 Å². The summed E-state index contributed by atoms with van der Waals surface area (Å²) in [4.78, 5) is 17.6. The van der Waals surface area contributed by atoms with E-state index in [-0.39, 0.29) is 11.8 Å². The minimum atomic E-state index is 0.0953. The lowest BCUT2D eigenvalue weighted by Gasteiger charge is -2.24. The number of fused-ring (bicyclic) bond motifs is 1. The van der Waals surface area contributed by atoms with Crippen LogP contribution in [-0.4, -0.2) is 65.9 Å². The molecular formula is C17H24N4O2S. The molecule has 0 saturated carbocycles. The molecule has 0 spiro atoms. The number of thiophene rings is 1. The Kier molecular flexibility index (Phi) is 5.65. The molecule has 0 saturated heterocycles. The van der Waals surface area contributed by atoms with Gasteiger partial charge in [-0.15, -0.1) is 11.3 Å². The van der Waals surface area contributed by atoms with Crippen LogP contribution in [0, 0.1) is 5.92 Å². The maximum atomic E-state index is 12.8. The summed E-state index contributed by atoms with van der Waals surface area (Å²) in [5, 5.41) is 6.34. The molecule has 1 atom stereocenters. The molecule has 1 amide bonds. The van der Waals surface area contributed by atoms with E-state index >= 15 is 0 Å². The molecule has 0 aromatic carbocycles. The molecule has 6 nitrogen and oxygen atoms in total. The lowest BCUT2D eigenvalue weighted by atomic mass is 10.1. The second-order valence-electron chi connectivity index (χ2n) is 6.41. The molecule has 7 heteroatoms. The predicted octanol–water partition coefficient (Wildman–Crippen LogP) is 1.79. The Balaban J connectivity index is 1.67. The van der Waals surface area contributed by atoms with Crippen molar-refractivity contribution in [3.05, 3.63) is 40.3 Å². The molecule has 130 valence electrons. The molecule has 0 fully saturated rings. The van der Waals surface area contributed by atoms with Crippen LogP contribution in [0.25, 0.3) is 0 Å². The molecule has 1 aliphatic heterocycles. The number of carbonyl (C=O) groups is 1. The number of nitrogens with zero attached hydrogens (tertiary/aromatic N) is 4. The standard InChI is InChI=1S/C17H24N4O2S/c1-19(2)7-8-23-13-14-10-20(17(22)16-4-3-9-24-16)12-15-5-6-18-21(15)11-14/h3-6,9,14H,7-8,10-13H2,1-2H3. The van der Waals surface area contributed by atoms with Gasteiger partial charge in [0.25, 0.3) is 5.91 Å². The van der Waals surface area contributed by atoms with Gasteiger partial charge in [0.1, 0.15) is 0 Å². The van der Waals surface area contributed by atoms with Crippen molar-refractivity contribution in [1.29, 1.82) is 0 Å². The third-order valence-electron chi connectivity index (χ3n) is 4.12. The van der Waals surface area contributed by atoms with Gasteiger partial charge in [0, 0.05) is 31.7 Å². The predicted molar refractivity (Wildman–Crippen MR) is 94.1 cm³/mol. The van der Waals surface area contributed by atoms with Crippen LogP contribution in [0.5, 0.6) is 0 Å². The Morgan fingerprint density at radius 2 is 2.29 bits per heavy atom. The van der Waals surface area contributed by atoms with Crippen LogP contribution in [0.3, 0.4) is 0 Å². The van der Waals surface area contributed by atoms with Crippen LogP contribution in [0.2, 0.25) is 0 Å². The van der Waals surface area contributed by atoms with Gasteiger partial charge in [0.05, 0.1) is 30.3 Å². The van der Waals surface area contributed by atoms with Gasteiger partial charge in [-0.25, -0.2) is 0 Å². The molecule has 1 aliphatic rings. The fourth-order valence-electron chi connectivity index (χ4n) is 2.85. The van der Waals surface area contributed by atoms with E-state index in [1.54, 1.807) is 6.20 Å². The normalized spacial score (nSPS) is 17.8. The van der Waals surface area contributed by atoms with Crippen molar-refractivity contribution >= 4 is 17.2 Å². The van der Waals surface area contributed by atoms with Gasteiger partial charge in [-0.05, 0) is 31.6 Å². The van der Waals surface area contributed by atoms with Crippen molar-refractivity contribution in [2.75, 3.05) is 40.4 Å². The summed E-state index contributed by atoms with van der Waals surface area (Å²) in [7, 11) is 4.07. The third kappa shape index (κ3) is 4.23. The fraction of sp³-hybridized carbons (Fsp3) is 0.529. The average molecular weight is 348 g/mol. The molecule has 1 unspecified atom stereocenters. The monoisotopic (exact) mass is 348 g/mol. The van der Waals surface area contributed by atoms with Crippen LogP contribution < -0.4 is 0 Å². The lowest BCUT2D eigenvalue weighted by molar-refractivity contribution is 0.0563. The summed E-state index contributed by atoms with van der Waals surface area (Å²) in [5.41, 5.74) is 1.08. The van der Waals surface area contributed by atoms with E-state index < -0.39 is 0 Å². The average Bonchev–Trinajstić information content (AvgIpc) is 3.19. The van der Waals surface area contributed by atoms with E-state index in [9.17, 15) is 4.79 Å². The molecule has 2 aromatic rings. The van der Waals surface area contributed by atoms with Crippen molar-refractivity contribution in [2.24, 2.45) is 5.92 Å². The van der Waals surface area contributed by atoms with Crippen LogP contribution in [0.4, 0.5) is 0 Å². The molecular weight excluding hydrogens is 324 g/mol. The van der Waals surface area contributed by atoms with Crippen LogP contribution in [0.15, 0.2) is 29.8 Å². The summed E-state index contributed by atoms with van der Waals surface area (Å²) >= 11 is 1.49. The number of aromatic nitrogens is 2. The first-order chi connectivity index (χ1) is 11.6. The highest BCUT2D eigenvalue weighted by molar-refractivity contribution is 7.12. The maximum absolute atomic E-state index is 12.8. The van der Waals surface area contributed by atoms with E-state index in [1.165, 1.54) is 11.3 Å². The molecule has 0 N–H and O–H groups in total. The molecule has 3 heterocycles. The maximum Gasteiger partial charge on any atom is 0.264 e. The zero-order valence-corrected chi connectivity index (χ0v) is 15.0. The van der Waals surface area contributed by atoms with E-state index in [1.807, 2.05) is 47.3 Å². The van der Waals surface area contributed by atoms with Crippen LogP contribution in [-0.2, 0) is 17.8 Å². The number of rotatable bonds is 6. The van der Waals surface area contributed by atoms with Crippen LogP contribution in [0.1, 0.15) is 15.4 Å². The Bertz CT molecular complexity index is 653. The molecule has 0 radical (unpaired) electrons. The van der Waals surface area contributed by atoms with Gasteiger partial charge in [-0.3, -0.25) is 9.48 Å². The topological polar surface area (TPSA) is 50.6 Å². The van der Waals surface area contributed by atoms with Crippen molar-refractivity contribution in [2.45, 2.75) is 13.1 Å². The first-order valence-corrected chi connectivity index (χ1v) is 9.07. The van der Waals surface area contributed by atoms with E-state index in [0.717, 1.165) is 23.7 Å². The number of hydrogen-bond acceptors (Lipinski definition) is 5. The van der Waals surface area contributed by atoms with Gasteiger partial charge in [-0.2, -0.15) is 5.10 Å². The Labute approximate surface area is 146 Å². The quantitative estimate of drug-likeness (QED) is 0.747. The third-order valence-corrected chi connectivity index (χ3v) is 4.98. The second-order valence-corrected chi connectivity index (χ2v) is 7.36. The van der Waals surface area contributed by atoms with E-state index in [2.05, 4.69) is 10.00 Å². The number of ether oxygens (including phenoxy) is 1. The van der Waals surface area contributed by atoms with Crippen molar-refractivity contribution in [3.8, 4) is 0 Å². The Morgan fingerprint density at radius 1 is 1.42 bits per heavy atom. The SMILES string of the molecule is CN(C)CCOCC1CN(C(=O)c2cccs2)Cc2ccnn2C1. The summed E-state index contributed by atoms with van der Waals surface area (Å²) in [5.74, 6) is 0.343. The molecule has 0 aliphatic carbocycles. The molecule has 0 bridgehead atoms. The Hall–Kier alpha value is -1.70. The fourth-order valence-corrected chi connectivity index (χ4v) is 3.54. The molecule has 24 heavy (non-hydrogen) atoms. The lowest BCUT2D eigenvalue weighted by Crippen LogP contribution is -2.35. The smallest absolute Gasteiger partial charge is 0.264 e. The number of amides is 1. The summed E-state index contributed by atoms with van der Waals surface area (Å²) in [6.07, 6.45) is 1.80. The second kappa shape index (κ2) is 7.92. The van der Waals surface area contributed by atoms with Crippen molar-refractivity contribution < 1.29 is 9.53 Å². The summed E-state index contributed by atoms with van der Waals surface area (Å²) in [6, 6.07) is 5.80. The first-order valence-electron chi connectivity index (χ1n) is 8.19. The zero-order chi connectivity index (χ0) is 16.9. The summed E-state index contributed by atoms with van der Waals surface area (Å²) < 4.78 is 7.83. The van der Waals surface area contributed by atoms with Gasteiger partial charge < -0.3 is 14.5 Å². The first kappa shape index (κ1) is 17.1. The highest BCUT2D eigenvalue weighted by atomic mass is 32.1. The zero-order valence-electron chi connectivity index (χ0n) is 14.2. The van der Waals surface area contributed by atoms with Crippen LogP contribution >= 0.6 is 11.3 Å². The van der Waals surface area contributed by atoms with Gasteiger partial charge in [0.15, 0.2) is 0 Å². The largest absolute Gasteiger partial charge is 0.380 e. The Morgan fingerprint density at radius 3 is 3.04 bits per heavy atom. The number of hydrogen-bond donors (Lipinski definition) is 0. The highest BCUT2D eigenvalue weighted by Gasteiger charge is 2.26. The number of likely N-dealkylation sites (N-methyl/N-ethyl adjacent to an activating group) is 1. The van der Waals surface area contributed by atoms with E-state index in [4.69, 9.17) is 4.74 Å². The van der Waals surface area contributed by atoms with E-state index in [0.29, 0.717) is 26.3 Å². The summed E-state index contributed by atoms with van der Waals surface area (Å²) in [6.45, 7) is 4.33.